The first-order chi connectivity index (χ1) is 47.8. The molecule has 0 saturated heterocycles. The van der Waals surface area contributed by atoms with Crippen molar-refractivity contribution in [3.63, 3.8) is 0 Å². The lowest BCUT2D eigenvalue weighted by Gasteiger charge is -2.47. The molecule has 0 atom stereocenters. The summed E-state index contributed by atoms with van der Waals surface area (Å²) < 4.78 is 0. The highest BCUT2D eigenvalue weighted by molar-refractivity contribution is 7.00. The molecule has 2 aliphatic rings. The van der Waals surface area contributed by atoms with Crippen LogP contribution in [0, 0.1) is 0 Å². The zero-order valence-corrected chi connectivity index (χ0v) is 54.6. The lowest BCUT2D eigenvalue weighted by atomic mass is 9.33. The molecule has 17 rings (SSSR count). The zero-order chi connectivity index (χ0) is 65.0. The molecule has 0 spiro atoms. The van der Waals surface area contributed by atoms with E-state index in [1.807, 2.05) is 0 Å². The summed E-state index contributed by atoms with van der Waals surface area (Å²) in [5.74, 6) is 0. The third-order valence-electron chi connectivity index (χ3n) is 19.8. The molecule has 3 heteroatoms. The molecule has 0 amide bonds. The van der Waals surface area contributed by atoms with E-state index in [0.717, 1.165) is 134 Å². The maximum Gasteiger partial charge on any atom is 0.252 e. The minimum atomic E-state index is -0.343. The average molecular weight is 1240 g/mol. The van der Waals surface area contributed by atoms with E-state index >= 15 is 0 Å². The average Bonchev–Trinajstić information content (AvgIpc) is 0.685. The van der Waals surface area contributed by atoms with Gasteiger partial charge in [0.05, 0.1) is 11.4 Å². The van der Waals surface area contributed by atoms with Gasteiger partial charge in [0.2, 0.25) is 0 Å². The molecule has 0 unspecified atom stereocenters. The number of nitrogens with zero attached hydrogens (tertiary/aromatic N) is 2. The highest BCUT2D eigenvalue weighted by Gasteiger charge is 2.47. The molecular weight excluding hydrogens is 1170 g/mol. The molecule has 0 N–H and O–H groups in total. The first-order valence-electron chi connectivity index (χ1n) is 33.8. The number of anilines is 6. The minimum absolute atomic E-state index is 0.263. The standard InChI is InChI=1S/C94H69BN2/c1-94(2,3)76-60-85-91-86(61-76)97(93-89(72-50-30-12-31-51-72)79(68-42-22-8-23-43-68)63-80(69-44-24-9-25-45-69)90(93)73-52-32-13-33-53-73)84-57-55-75(65-36-16-5-17-37-65)59-82(84)95(91)81-58-74(64-34-14-4-15-35-64)54-56-83(81)96(85)92-87(70-46-26-10-27-47-70)77(66-38-18-6-19-39-66)62-78(67-40-20-7-21-41-67)88(92)71-48-28-11-29-49-71/h4-63H,1-3H3. The Kier molecular flexibility index (Phi) is 15.0. The SMILES string of the molecule is CC(C)(C)c1cc2c3c(c1)N(c1c(-c4ccccc4)c(-c4ccccc4)cc(-c4ccccc4)c1-c1ccccc1)c1ccc(-c4ccccc4)cc1B3c1cc(-c3ccccc3)ccc1N2c1c(-c2ccccc2)c(-c2ccccc2)cc(-c2ccccc2)c1-c1ccccc1. The summed E-state index contributed by atoms with van der Waals surface area (Å²) >= 11 is 0. The first kappa shape index (κ1) is 58.8. The Labute approximate surface area is 570 Å². The van der Waals surface area contributed by atoms with Gasteiger partial charge in [-0.05, 0) is 153 Å². The Hall–Kier alpha value is -12.0. The summed E-state index contributed by atoms with van der Waals surface area (Å²) in [5.41, 5.74) is 34.3. The van der Waals surface area contributed by atoms with Crippen LogP contribution in [0.2, 0.25) is 0 Å². The molecule has 0 saturated carbocycles. The van der Waals surface area contributed by atoms with Crippen LogP contribution in [0.1, 0.15) is 26.3 Å². The summed E-state index contributed by atoms with van der Waals surface area (Å²) in [5, 5.41) is 0. The molecular formula is C94H69BN2. The highest BCUT2D eigenvalue weighted by atomic mass is 15.2. The molecule has 458 valence electrons. The van der Waals surface area contributed by atoms with Gasteiger partial charge in [0.1, 0.15) is 0 Å². The van der Waals surface area contributed by atoms with Crippen molar-refractivity contribution in [2.45, 2.75) is 26.2 Å². The molecule has 2 nitrogen and oxygen atoms in total. The van der Waals surface area contributed by atoms with Crippen LogP contribution in [-0.2, 0) is 5.41 Å². The molecule has 2 heterocycles. The van der Waals surface area contributed by atoms with Gasteiger partial charge >= 0.3 is 0 Å². The third-order valence-corrected chi connectivity index (χ3v) is 19.8. The van der Waals surface area contributed by atoms with Crippen LogP contribution in [0.5, 0.6) is 0 Å². The van der Waals surface area contributed by atoms with Crippen LogP contribution in [0.25, 0.3) is 111 Å². The van der Waals surface area contributed by atoms with Crippen LogP contribution >= 0.6 is 0 Å². The predicted octanol–water partition coefficient (Wildman–Crippen LogP) is 23.7. The molecule has 15 aromatic rings. The first-order valence-corrected chi connectivity index (χ1v) is 33.8. The van der Waals surface area contributed by atoms with Gasteiger partial charge in [-0.15, -0.1) is 0 Å². The van der Waals surface area contributed by atoms with Crippen molar-refractivity contribution in [1.82, 2.24) is 0 Å². The fourth-order valence-electron chi connectivity index (χ4n) is 15.3. The van der Waals surface area contributed by atoms with Gasteiger partial charge in [-0.2, -0.15) is 0 Å². The van der Waals surface area contributed by atoms with Crippen molar-refractivity contribution < 1.29 is 0 Å². The molecule has 0 bridgehead atoms. The van der Waals surface area contributed by atoms with Gasteiger partial charge < -0.3 is 9.80 Å². The molecule has 0 aromatic heterocycles. The minimum Gasteiger partial charge on any atom is -0.310 e. The van der Waals surface area contributed by atoms with E-state index in [4.69, 9.17) is 0 Å². The van der Waals surface area contributed by atoms with Crippen LogP contribution < -0.4 is 26.2 Å². The Morgan fingerprint density at radius 1 is 0.216 bits per heavy atom. The quantitative estimate of drug-likeness (QED) is 0.113. The summed E-state index contributed by atoms with van der Waals surface area (Å²) in [6.07, 6.45) is 0. The van der Waals surface area contributed by atoms with Crippen molar-refractivity contribution in [3.8, 4) is 111 Å². The van der Waals surface area contributed by atoms with Gasteiger partial charge in [0, 0.05) is 45.0 Å². The molecule has 0 fully saturated rings. The van der Waals surface area contributed by atoms with E-state index < -0.39 is 0 Å². The van der Waals surface area contributed by atoms with Crippen LogP contribution in [0.3, 0.4) is 0 Å². The maximum atomic E-state index is 2.73. The van der Waals surface area contributed by atoms with E-state index in [1.54, 1.807) is 0 Å². The number of hydrogen-bond donors (Lipinski definition) is 0. The number of hydrogen-bond acceptors (Lipinski definition) is 2. The zero-order valence-electron chi connectivity index (χ0n) is 54.6. The molecule has 97 heavy (non-hydrogen) atoms. The summed E-state index contributed by atoms with van der Waals surface area (Å²) in [6.45, 7) is 6.91. The summed E-state index contributed by atoms with van der Waals surface area (Å²) in [4.78, 5) is 5.46. The smallest absolute Gasteiger partial charge is 0.252 e. The van der Waals surface area contributed by atoms with Gasteiger partial charge in [-0.25, -0.2) is 0 Å². The van der Waals surface area contributed by atoms with Gasteiger partial charge in [0.15, 0.2) is 0 Å². The van der Waals surface area contributed by atoms with Crippen molar-refractivity contribution in [2.75, 3.05) is 9.80 Å². The number of rotatable bonds is 12. The topological polar surface area (TPSA) is 6.48 Å². The Morgan fingerprint density at radius 3 is 0.701 bits per heavy atom. The predicted molar refractivity (Wildman–Crippen MR) is 414 cm³/mol. The third kappa shape index (κ3) is 10.5. The Balaban J connectivity index is 1.11. The van der Waals surface area contributed by atoms with Crippen LogP contribution in [0.15, 0.2) is 364 Å². The molecule has 0 radical (unpaired) electrons. The van der Waals surface area contributed by atoms with Gasteiger partial charge in [-0.1, -0.05) is 348 Å². The lowest BCUT2D eigenvalue weighted by molar-refractivity contribution is 0.590. The fraction of sp³-hybridized carbons (Fsp3) is 0.0426. The largest absolute Gasteiger partial charge is 0.310 e. The number of fused-ring (bicyclic) bond motifs is 4. The van der Waals surface area contributed by atoms with Crippen LogP contribution in [-0.4, -0.2) is 6.71 Å². The van der Waals surface area contributed by atoms with Gasteiger partial charge in [-0.3, -0.25) is 0 Å². The second-order valence-corrected chi connectivity index (χ2v) is 26.6. The summed E-state index contributed by atoms with van der Waals surface area (Å²) in [6, 6.07) is 136. The normalized spacial score (nSPS) is 12.2. The van der Waals surface area contributed by atoms with Crippen molar-refractivity contribution in [3.05, 3.63) is 370 Å². The summed E-state index contributed by atoms with van der Waals surface area (Å²) in [7, 11) is 0. The van der Waals surface area contributed by atoms with E-state index in [0.29, 0.717) is 0 Å². The Bertz CT molecular complexity index is 4840. The van der Waals surface area contributed by atoms with E-state index in [-0.39, 0.29) is 12.1 Å². The Morgan fingerprint density at radius 2 is 0.454 bits per heavy atom. The van der Waals surface area contributed by atoms with Crippen LogP contribution in [0.4, 0.5) is 34.1 Å². The number of benzene rings is 15. The van der Waals surface area contributed by atoms with E-state index in [9.17, 15) is 0 Å². The van der Waals surface area contributed by atoms with Gasteiger partial charge in [0.25, 0.3) is 6.71 Å². The molecule has 0 aliphatic carbocycles. The second kappa shape index (κ2) is 24.7. The maximum absolute atomic E-state index is 2.73. The monoisotopic (exact) mass is 1240 g/mol. The second-order valence-electron chi connectivity index (χ2n) is 26.6. The molecule has 2 aliphatic heterocycles. The van der Waals surface area contributed by atoms with E-state index in [2.05, 4.69) is 395 Å². The van der Waals surface area contributed by atoms with Crippen molar-refractivity contribution >= 4 is 57.2 Å². The van der Waals surface area contributed by atoms with Crippen molar-refractivity contribution in [2.24, 2.45) is 0 Å². The van der Waals surface area contributed by atoms with E-state index in [1.165, 1.54) is 33.1 Å². The van der Waals surface area contributed by atoms with Crippen molar-refractivity contribution in [1.29, 1.82) is 0 Å². The lowest BCUT2D eigenvalue weighted by Crippen LogP contribution is -2.61. The molecule has 15 aromatic carbocycles. The fourth-order valence-corrected chi connectivity index (χ4v) is 15.3. The highest BCUT2D eigenvalue weighted by Crippen LogP contribution is 2.59.